The molecule has 3 rings (SSSR count). The molecule has 128 valence electrons. The van der Waals surface area contributed by atoms with Crippen LogP contribution in [0.4, 0.5) is 15.8 Å². The van der Waals surface area contributed by atoms with E-state index in [1.165, 1.54) is 16.9 Å². The van der Waals surface area contributed by atoms with Gasteiger partial charge in [0.1, 0.15) is 5.82 Å². The average Bonchev–Trinajstić information content (AvgIpc) is 3.06. The first-order valence-corrected chi connectivity index (χ1v) is 7.71. The molecule has 8 heteroatoms. The van der Waals surface area contributed by atoms with E-state index in [1.54, 1.807) is 19.1 Å². The Labute approximate surface area is 143 Å². The number of esters is 1. The predicted molar refractivity (Wildman–Crippen MR) is 89.6 cm³/mol. The van der Waals surface area contributed by atoms with Crippen LogP contribution in [-0.4, -0.2) is 32.8 Å². The molecule has 3 aromatic rings. The van der Waals surface area contributed by atoms with Gasteiger partial charge in [0, 0.05) is 16.9 Å². The highest BCUT2D eigenvalue weighted by Gasteiger charge is 2.13. The number of para-hydroxylation sites is 1. The van der Waals surface area contributed by atoms with Crippen molar-refractivity contribution < 1.29 is 13.9 Å². The molecule has 0 radical (unpaired) electrons. The molecule has 0 saturated heterocycles. The van der Waals surface area contributed by atoms with E-state index in [-0.39, 0.29) is 12.4 Å². The van der Waals surface area contributed by atoms with Crippen LogP contribution < -0.4 is 5.32 Å². The zero-order chi connectivity index (χ0) is 17.6. The van der Waals surface area contributed by atoms with Gasteiger partial charge in [0.15, 0.2) is 6.54 Å². The van der Waals surface area contributed by atoms with Gasteiger partial charge in [-0.1, -0.05) is 12.1 Å². The summed E-state index contributed by atoms with van der Waals surface area (Å²) in [6, 6.07) is 13.4. The zero-order valence-electron chi connectivity index (χ0n) is 13.5. The Bertz CT molecular complexity index is 863. The van der Waals surface area contributed by atoms with E-state index in [0.717, 1.165) is 11.4 Å². The monoisotopic (exact) mass is 341 g/mol. The van der Waals surface area contributed by atoms with Gasteiger partial charge in [0.25, 0.3) is 0 Å². The standard InChI is InChI=1S/C17H16FN5O2/c1-2-25-16(24)11-23-21-17(20-22-23)14-5-3-4-6-15(14)19-13-9-7-12(18)8-10-13/h3-10,19H,2,11H2,1H3. The number of carbonyl (C=O) groups excluding carboxylic acids is 1. The van der Waals surface area contributed by atoms with Crippen molar-refractivity contribution in [2.45, 2.75) is 13.5 Å². The summed E-state index contributed by atoms with van der Waals surface area (Å²) >= 11 is 0. The van der Waals surface area contributed by atoms with E-state index in [2.05, 4.69) is 20.7 Å². The fourth-order valence-electron chi connectivity index (χ4n) is 2.22. The molecule has 0 aliphatic rings. The van der Waals surface area contributed by atoms with Gasteiger partial charge < -0.3 is 10.1 Å². The van der Waals surface area contributed by atoms with Crippen molar-refractivity contribution in [3.8, 4) is 11.4 Å². The number of tetrazole rings is 1. The summed E-state index contributed by atoms with van der Waals surface area (Å²) in [5, 5.41) is 15.3. The summed E-state index contributed by atoms with van der Waals surface area (Å²) in [5.74, 6) is -0.360. The van der Waals surface area contributed by atoms with E-state index < -0.39 is 5.97 Å². The molecule has 0 bridgehead atoms. The first kappa shape index (κ1) is 16.6. The lowest BCUT2D eigenvalue weighted by atomic mass is 10.1. The molecule has 0 saturated carbocycles. The first-order valence-electron chi connectivity index (χ1n) is 7.71. The van der Waals surface area contributed by atoms with Gasteiger partial charge in [-0.15, -0.1) is 10.2 Å². The van der Waals surface area contributed by atoms with Gasteiger partial charge in [-0.3, -0.25) is 0 Å². The Hall–Kier alpha value is -3.29. The Kier molecular flexibility index (Phi) is 4.98. The van der Waals surface area contributed by atoms with Crippen LogP contribution in [0.25, 0.3) is 11.4 Å². The van der Waals surface area contributed by atoms with Crippen LogP contribution in [0.1, 0.15) is 6.92 Å². The van der Waals surface area contributed by atoms with E-state index in [4.69, 9.17) is 4.74 Å². The molecule has 2 aromatic carbocycles. The largest absolute Gasteiger partial charge is 0.465 e. The highest BCUT2D eigenvalue weighted by Crippen LogP contribution is 2.27. The molecule has 0 spiro atoms. The quantitative estimate of drug-likeness (QED) is 0.694. The SMILES string of the molecule is CCOC(=O)Cn1nnc(-c2ccccc2Nc2ccc(F)cc2)n1. The van der Waals surface area contributed by atoms with Crippen LogP contribution in [0, 0.1) is 5.82 Å². The van der Waals surface area contributed by atoms with Crippen molar-refractivity contribution in [3.05, 3.63) is 54.3 Å². The number of ether oxygens (including phenoxy) is 1. The molecule has 0 fully saturated rings. The van der Waals surface area contributed by atoms with Crippen molar-refractivity contribution in [2.24, 2.45) is 0 Å². The molecule has 0 aliphatic heterocycles. The summed E-state index contributed by atoms with van der Waals surface area (Å²) in [5.41, 5.74) is 2.18. The zero-order valence-corrected chi connectivity index (χ0v) is 13.5. The second-order valence-electron chi connectivity index (χ2n) is 5.13. The number of nitrogens with one attached hydrogen (secondary N) is 1. The highest BCUT2D eigenvalue weighted by molar-refractivity contribution is 5.77. The van der Waals surface area contributed by atoms with Crippen LogP contribution in [-0.2, 0) is 16.1 Å². The molecule has 25 heavy (non-hydrogen) atoms. The van der Waals surface area contributed by atoms with Crippen LogP contribution in [0.15, 0.2) is 48.5 Å². The fraction of sp³-hybridized carbons (Fsp3) is 0.176. The normalized spacial score (nSPS) is 10.5. The first-order chi connectivity index (χ1) is 12.2. The van der Waals surface area contributed by atoms with Gasteiger partial charge in [-0.2, -0.15) is 4.80 Å². The van der Waals surface area contributed by atoms with Gasteiger partial charge >= 0.3 is 5.97 Å². The molecule has 1 heterocycles. The third kappa shape index (κ3) is 4.17. The van der Waals surface area contributed by atoms with Crippen molar-refractivity contribution in [1.29, 1.82) is 0 Å². The number of anilines is 2. The molecule has 1 N–H and O–H groups in total. The van der Waals surface area contributed by atoms with Crippen LogP contribution in [0.2, 0.25) is 0 Å². The Morgan fingerprint density at radius 1 is 1.20 bits per heavy atom. The fourth-order valence-corrected chi connectivity index (χ4v) is 2.22. The maximum absolute atomic E-state index is 13.0. The minimum Gasteiger partial charge on any atom is -0.465 e. The topological polar surface area (TPSA) is 81.9 Å². The molecular weight excluding hydrogens is 325 g/mol. The number of halogens is 1. The maximum Gasteiger partial charge on any atom is 0.329 e. The van der Waals surface area contributed by atoms with Crippen molar-refractivity contribution in [1.82, 2.24) is 20.2 Å². The Morgan fingerprint density at radius 3 is 2.72 bits per heavy atom. The smallest absolute Gasteiger partial charge is 0.329 e. The van der Waals surface area contributed by atoms with Crippen LogP contribution in [0.5, 0.6) is 0 Å². The van der Waals surface area contributed by atoms with Crippen molar-refractivity contribution >= 4 is 17.3 Å². The van der Waals surface area contributed by atoms with E-state index in [1.807, 2.05) is 24.3 Å². The van der Waals surface area contributed by atoms with Gasteiger partial charge in [-0.05, 0) is 48.5 Å². The summed E-state index contributed by atoms with van der Waals surface area (Å²) < 4.78 is 17.9. The third-order valence-electron chi connectivity index (χ3n) is 3.32. The predicted octanol–water partition coefficient (Wildman–Crippen LogP) is 2.79. The minimum absolute atomic E-state index is 0.103. The van der Waals surface area contributed by atoms with E-state index in [0.29, 0.717) is 18.0 Å². The number of hydrogen-bond donors (Lipinski definition) is 1. The lowest BCUT2D eigenvalue weighted by molar-refractivity contribution is -0.144. The lowest BCUT2D eigenvalue weighted by Gasteiger charge is -2.09. The van der Waals surface area contributed by atoms with Gasteiger partial charge in [0.05, 0.1) is 6.61 Å². The second-order valence-corrected chi connectivity index (χ2v) is 5.13. The summed E-state index contributed by atoms with van der Waals surface area (Å²) in [6.45, 7) is 1.93. The number of rotatable bonds is 6. The minimum atomic E-state index is -0.427. The molecule has 0 atom stereocenters. The average molecular weight is 341 g/mol. The van der Waals surface area contributed by atoms with Crippen LogP contribution >= 0.6 is 0 Å². The summed E-state index contributed by atoms with van der Waals surface area (Å²) in [7, 11) is 0. The molecular formula is C17H16FN5O2. The third-order valence-corrected chi connectivity index (χ3v) is 3.32. The maximum atomic E-state index is 13.0. The number of benzene rings is 2. The Morgan fingerprint density at radius 2 is 1.96 bits per heavy atom. The molecule has 0 aliphatic carbocycles. The molecule has 0 unspecified atom stereocenters. The molecule has 7 nitrogen and oxygen atoms in total. The number of carbonyl (C=O) groups is 1. The summed E-state index contributed by atoms with van der Waals surface area (Å²) in [4.78, 5) is 12.7. The number of aromatic nitrogens is 4. The van der Waals surface area contributed by atoms with Crippen molar-refractivity contribution in [3.63, 3.8) is 0 Å². The van der Waals surface area contributed by atoms with Crippen molar-refractivity contribution in [2.75, 3.05) is 11.9 Å². The number of nitrogens with zero attached hydrogens (tertiary/aromatic N) is 4. The van der Waals surface area contributed by atoms with E-state index in [9.17, 15) is 9.18 Å². The van der Waals surface area contributed by atoms with Gasteiger partial charge in [0.2, 0.25) is 5.82 Å². The van der Waals surface area contributed by atoms with Crippen LogP contribution in [0.3, 0.4) is 0 Å². The summed E-state index contributed by atoms with van der Waals surface area (Å²) in [6.07, 6.45) is 0. The highest BCUT2D eigenvalue weighted by atomic mass is 19.1. The second kappa shape index (κ2) is 7.52. The lowest BCUT2D eigenvalue weighted by Crippen LogP contribution is -2.15. The van der Waals surface area contributed by atoms with E-state index >= 15 is 0 Å². The Balaban J connectivity index is 1.82. The molecule has 0 amide bonds. The van der Waals surface area contributed by atoms with Gasteiger partial charge in [-0.25, -0.2) is 9.18 Å². The number of hydrogen-bond acceptors (Lipinski definition) is 6. The molecule has 1 aromatic heterocycles.